The largest absolute Gasteiger partial charge is 0.465 e. The highest BCUT2D eigenvalue weighted by atomic mass is 32.1. The van der Waals surface area contributed by atoms with Crippen LogP contribution in [0.3, 0.4) is 0 Å². The molecule has 0 saturated heterocycles. The third-order valence-electron chi connectivity index (χ3n) is 3.81. The van der Waals surface area contributed by atoms with E-state index in [9.17, 15) is 14.9 Å². The summed E-state index contributed by atoms with van der Waals surface area (Å²) in [6.45, 7) is -0.408. The molecule has 0 saturated carbocycles. The number of thiophene rings is 1. The molecule has 1 amide bonds. The second kappa shape index (κ2) is 7.81. The molecule has 0 spiro atoms. The number of esters is 1. The Morgan fingerprint density at radius 1 is 1.40 bits per heavy atom. The first-order valence-electron chi connectivity index (χ1n) is 7.90. The Morgan fingerprint density at radius 3 is 3.00 bits per heavy atom. The maximum atomic E-state index is 12.0. The monoisotopic (exact) mass is 356 g/mol. The minimum atomic E-state index is -0.641. The van der Waals surface area contributed by atoms with Gasteiger partial charge in [-0.3, -0.25) is 4.79 Å². The summed E-state index contributed by atoms with van der Waals surface area (Å²) < 4.78 is 9.94. The Kier molecular flexibility index (Phi) is 5.31. The number of nitrogens with one attached hydrogen (secondary N) is 1. The number of hydrogen-bond donors (Lipinski definition) is 1. The highest BCUT2D eigenvalue weighted by Crippen LogP contribution is 2.37. The normalized spacial score (nSPS) is 13.2. The van der Waals surface area contributed by atoms with Crippen LogP contribution in [0.2, 0.25) is 0 Å². The van der Waals surface area contributed by atoms with Gasteiger partial charge in [-0.2, -0.15) is 5.26 Å². The minimum absolute atomic E-state index is 0.408. The highest BCUT2D eigenvalue weighted by molar-refractivity contribution is 7.16. The van der Waals surface area contributed by atoms with Crippen LogP contribution in [0.25, 0.3) is 6.08 Å². The van der Waals surface area contributed by atoms with Crippen molar-refractivity contribution in [3.63, 3.8) is 0 Å². The van der Waals surface area contributed by atoms with Crippen molar-refractivity contribution in [2.45, 2.75) is 25.7 Å². The summed E-state index contributed by atoms with van der Waals surface area (Å²) in [5.41, 5.74) is 1.59. The summed E-state index contributed by atoms with van der Waals surface area (Å²) in [7, 11) is 0. The lowest BCUT2D eigenvalue weighted by Gasteiger charge is -2.09. The predicted molar refractivity (Wildman–Crippen MR) is 93.0 cm³/mol. The number of fused-ring (bicyclic) bond motifs is 1. The van der Waals surface area contributed by atoms with Crippen LogP contribution < -0.4 is 5.32 Å². The molecular formula is C18H16N2O4S. The van der Waals surface area contributed by atoms with Crippen molar-refractivity contribution in [3.8, 4) is 6.07 Å². The molecule has 128 valence electrons. The SMILES string of the molecule is N#Cc1c(NC(=O)COC(=O)C=Cc2ccco2)sc2c1CCCC2. The Balaban J connectivity index is 1.55. The molecule has 0 aromatic carbocycles. The minimum Gasteiger partial charge on any atom is -0.465 e. The van der Waals surface area contributed by atoms with Crippen molar-refractivity contribution in [1.82, 2.24) is 0 Å². The van der Waals surface area contributed by atoms with E-state index in [2.05, 4.69) is 11.4 Å². The van der Waals surface area contributed by atoms with Crippen LogP contribution in [-0.2, 0) is 27.2 Å². The lowest BCUT2D eigenvalue weighted by atomic mass is 9.96. The highest BCUT2D eigenvalue weighted by Gasteiger charge is 2.21. The fourth-order valence-electron chi connectivity index (χ4n) is 2.66. The number of carbonyl (C=O) groups is 2. The standard InChI is InChI=1S/C18H16N2O4S/c19-10-14-13-5-1-2-6-15(13)25-18(14)20-16(21)11-24-17(22)8-7-12-4-3-9-23-12/h3-4,7-9H,1-2,5-6,11H2,(H,20,21). The molecule has 7 heteroatoms. The number of ether oxygens (including phenoxy) is 1. The van der Waals surface area contributed by atoms with Gasteiger partial charge in [0.2, 0.25) is 0 Å². The van der Waals surface area contributed by atoms with Crippen molar-refractivity contribution >= 4 is 34.3 Å². The van der Waals surface area contributed by atoms with E-state index in [1.54, 1.807) is 12.1 Å². The summed E-state index contributed by atoms with van der Waals surface area (Å²) in [5.74, 6) is -0.586. The fourth-order valence-corrected chi connectivity index (χ4v) is 3.91. The maximum Gasteiger partial charge on any atom is 0.331 e. The van der Waals surface area contributed by atoms with Crippen LogP contribution in [0.1, 0.15) is 34.6 Å². The Bertz CT molecular complexity index is 843. The molecule has 25 heavy (non-hydrogen) atoms. The van der Waals surface area contributed by atoms with Crippen LogP contribution in [-0.4, -0.2) is 18.5 Å². The van der Waals surface area contributed by atoms with Crippen molar-refractivity contribution < 1.29 is 18.7 Å². The van der Waals surface area contributed by atoms with Crippen LogP contribution in [0.4, 0.5) is 5.00 Å². The summed E-state index contributed by atoms with van der Waals surface area (Å²) in [6, 6.07) is 5.57. The van der Waals surface area contributed by atoms with Crippen LogP contribution in [0.15, 0.2) is 28.9 Å². The number of rotatable bonds is 5. The van der Waals surface area contributed by atoms with Crippen LogP contribution >= 0.6 is 11.3 Å². The fraction of sp³-hybridized carbons (Fsp3) is 0.278. The zero-order chi connectivity index (χ0) is 17.6. The first-order chi connectivity index (χ1) is 12.2. The van der Waals surface area contributed by atoms with Gasteiger partial charge in [-0.15, -0.1) is 11.3 Å². The first kappa shape index (κ1) is 17.0. The van der Waals surface area contributed by atoms with E-state index in [0.717, 1.165) is 36.1 Å². The maximum absolute atomic E-state index is 12.0. The van der Waals surface area contributed by atoms with E-state index in [1.807, 2.05) is 0 Å². The van der Waals surface area contributed by atoms with Crippen LogP contribution in [0.5, 0.6) is 0 Å². The van der Waals surface area contributed by atoms with Gasteiger partial charge in [-0.25, -0.2) is 4.79 Å². The molecule has 2 aromatic heterocycles. The molecule has 0 atom stereocenters. The van der Waals surface area contributed by atoms with Gasteiger partial charge in [-0.05, 0) is 49.5 Å². The topological polar surface area (TPSA) is 92.3 Å². The smallest absolute Gasteiger partial charge is 0.331 e. The lowest BCUT2D eigenvalue weighted by Crippen LogP contribution is -2.20. The number of furan rings is 1. The molecule has 6 nitrogen and oxygen atoms in total. The molecule has 0 fully saturated rings. The molecule has 1 N–H and O–H groups in total. The molecule has 0 unspecified atom stereocenters. The number of aryl methyl sites for hydroxylation is 1. The average Bonchev–Trinajstić information content (AvgIpc) is 3.25. The molecule has 1 aliphatic carbocycles. The molecule has 2 heterocycles. The summed E-state index contributed by atoms with van der Waals surface area (Å²) in [5, 5.41) is 12.6. The second-order valence-corrected chi connectivity index (χ2v) is 6.64. The zero-order valence-corrected chi connectivity index (χ0v) is 14.2. The van der Waals surface area contributed by atoms with E-state index in [-0.39, 0.29) is 0 Å². The Morgan fingerprint density at radius 2 is 2.24 bits per heavy atom. The third-order valence-corrected chi connectivity index (χ3v) is 5.02. The molecule has 0 radical (unpaired) electrons. The van der Waals surface area contributed by atoms with Gasteiger partial charge in [0.15, 0.2) is 6.61 Å². The molecule has 0 aliphatic heterocycles. The lowest BCUT2D eigenvalue weighted by molar-refractivity contribution is -0.142. The van der Waals surface area contributed by atoms with Gasteiger partial charge >= 0.3 is 5.97 Å². The number of carbonyl (C=O) groups excluding carboxylic acids is 2. The van der Waals surface area contributed by atoms with Gasteiger partial charge in [0.05, 0.1) is 11.8 Å². The van der Waals surface area contributed by atoms with Crippen LogP contribution in [0, 0.1) is 11.3 Å². The molecule has 2 aromatic rings. The van der Waals surface area contributed by atoms with E-state index in [4.69, 9.17) is 9.15 Å². The summed E-state index contributed by atoms with van der Waals surface area (Å²) in [6.07, 6.45) is 8.12. The van der Waals surface area contributed by atoms with Gasteiger partial charge in [0, 0.05) is 11.0 Å². The molecule has 1 aliphatic rings. The van der Waals surface area contributed by atoms with Crippen molar-refractivity contribution in [2.24, 2.45) is 0 Å². The number of anilines is 1. The average molecular weight is 356 g/mol. The van der Waals surface area contributed by atoms with E-state index in [0.29, 0.717) is 16.3 Å². The number of nitrogens with zero attached hydrogens (tertiary/aromatic N) is 1. The molecule has 3 rings (SSSR count). The molecular weight excluding hydrogens is 340 g/mol. The van der Waals surface area contributed by atoms with Gasteiger partial charge < -0.3 is 14.5 Å². The predicted octanol–water partition coefficient (Wildman–Crippen LogP) is 3.29. The number of nitriles is 1. The number of hydrogen-bond acceptors (Lipinski definition) is 6. The number of amides is 1. The quantitative estimate of drug-likeness (QED) is 0.655. The summed E-state index contributed by atoms with van der Waals surface area (Å²) >= 11 is 1.44. The Labute approximate surface area is 148 Å². The van der Waals surface area contributed by atoms with Gasteiger partial charge in [-0.1, -0.05) is 0 Å². The summed E-state index contributed by atoms with van der Waals surface area (Å²) in [4.78, 5) is 24.8. The van der Waals surface area contributed by atoms with E-state index < -0.39 is 18.5 Å². The van der Waals surface area contributed by atoms with Gasteiger partial charge in [0.1, 0.15) is 16.8 Å². The van der Waals surface area contributed by atoms with Crippen molar-refractivity contribution in [2.75, 3.05) is 11.9 Å². The van der Waals surface area contributed by atoms with Crippen molar-refractivity contribution in [3.05, 3.63) is 46.2 Å². The van der Waals surface area contributed by atoms with E-state index >= 15 is 0 Å². The third kappa shape index (κ3) is 4.17. The van der Waals surface area contributed by atoms with Crippen molar-refractivity contribution in [1.29, 1.82) is 5.26 Å². The Hall–Kier alpha value is -2.85. The molecule has 0 bridgehead atoms. The zero-order valence-electron chi connectivity index (χ0n) is 13.4. The first-order valence-corrected chi connectivity index (χ1v) is 8.72. The van der Waals surface area contributed by atoms with E-state index in [1.165, 1.54) is 29.8 Å². The van der Waals surface area contributed by atoms with Gasteiger partial charge in [0.25, 0.3) is 5.91 Å². The second-order valence-electron chi connectivity index (χ2n) is 5.53.